The molecule has 1 aromatic rings. The Morgan fingerprint density at radius 3 is 2.94 bits per heavy atom. The molecule has 0 spiro atoms. The number of rotatable bonds is 7. The van der Waals surface area contributed by atoms with Gasteiger partial charge in [-0.1, -0.05) is 6.92 Å². The van der Waals surface area contributed by atoms with E-state index < -0.39 is 0 Å². The third kappa shape index (κ3) is 2.90. The lowest BCUT2D eigenvalue weighted by atomic mass is 10.0. The van der Waals surface area contributed by atoms with Crippen LogP contribution >= 0.6 is 0 Å². The van der Waals surface area contributed by atoms with E-state index in [2.05, 4.69) is 22.4 Å². The summed E-state index contributed by atoms with van der Waals surface area (Å²) in [5.41, 5.74) is 1.85. The maximum Gasteiger partial charge on any atom is 0.356 e. The molecule has 1 aromatic heterocycles. The number of nitrogens with zero attached hydrogens (tertiary/aromatic N) is 1. The highest BCUT2D eigenvalue weighted by Gasteiger charge is 2.39. The summed E-state index contributed by atoms with van der Waals surface area (Å²) in [6, 6.07) is 0. The SMILES string of the molecule is CCOC(=O)c1[nH]ncc1CNCC1(CC)CC1. The molecule has 0 unspecified atom stereocenters. The Labute approximate surface area is 107 Å². The molecular weight excluding hydrogens is 230 g/mol. The summed E-state index contributed by atoms with van der Waals surface area (Å²) < 4.78 is 4.97. The number of aromatic nitrogens is 2. The van der Waals surface area contributed by atoms with Gasteiger partial charge >= 0.3 is 5.97 Å². The lowest BCUT2D eigenvalue weighted by molar-refractivity contribution is 0.0518. The molecule has 5 heteroatoms. The molecule has 100 valence electrons. The molecule has 5 nitrogen and oxygen atoms in total. The summed E-state index contributed by atoms with van der Waals surface area (Å²) >= 11 is 0. The van der Waals surface area contributed by atoms with Crippen molar-refractivity contribution in [2.45, 2.75) is 39.7 Å². The van der Waals surface area contributed by atoms with Crippen molar-refractivity contribution in [3.63, 3.8) is 0 Å². The fourth-order valence-electron chi connectivity index (χ4n) is 2.12. The van der Waals surface area contributed by atoms with E-state index in [0.717, 1.165) is 12.1 Å². The van der Waals surface area contributed by atoms with Crippen LogP contribution in [-0.2, 0) is 11.3 Å². The van der Waals surface area contributed by atoms with E-state index in [1.165, 1.54) is 19.3 Å². The van der Waals surface area contributed by atoms with Gasteiger partial charge < -0.3 is 10.1 Å². The van der Waals surface area contributed by atoms with Gasteiger partial charge in [-0.25, -0.2) is 4.79 Å². The number of H-pyrrole nitrogens is 1. The molecule has 0 bridgehead atoms. The Morgan fingerprint density at radius 1 is 1.56 bits per heavy atom. The van der Waals surface area contributed by atoms with Gasteiger partial charge in [0.05, 0.1) is 12.8 Å². The van der Waals surface area contributed by atoms with Crippen molar-refractivity contribution in [1.82, 2.24) is 15.5 Å². The Kier molecular flexibility index (Phi) is 4.01. The fourth-order valence-corrected chi connectivity index (χ4v) is 2.12. The molecule has 2 rings (SSSR count). The van der Waals surface area contributed by atoms with Crippen LogP contribution < -0.4 is 5.32 Å². The highest BCUT2D eigenvalue weighted by atomic mass is 16.5. The number of esters is 1. The van der Waals surface area contributed by atoms with Gasteiger partial charge in [0.2, 0.25) is 0 Å². The largest absolute Gasteiger partial charge is 0.461 e. The van der Waals surface area contributed by atoms with Crippen molar-refractivity contribution in [2.24, 2.45) is 5.41 Å². The molecule has 1 aliphatic rings. The smallest absolute Gasteiger partial charge is 0.356 e. The molecule has 0 amide bonds. The lowest BCUT2D eigenvalue weighted by Gasteiger charge is -2.13. The van der Waals surface area contributed by atoms with Crippen LogP contribution in [0.3, 0.4) is 0 Å². The number of carbonyl (C=O) groups excluding carboxylic acids is 1. The van der Waals surface area contributed by atoms with E-state index >= 15 is 0 Å². The van der Waals surface area contributed by atoms with Crippen LogP contribution in [0.15, 0.2) is 6.20 Å². The third-order valence-corrected chi connectivity index (χ3v) is 3.72. The van der Waals surface area contributed by atoms with Crippen LogP contribution in [0.1, 0.15) is 49.2 Å². The molecule has 1 fully saturated rings. The molecule has 18 heavy (non-hydrogen) atoms. The van der Waals surface area contributed by atoms with Crippen molar-refractivity contribution in [3.05, 3.63) is 17.5 Å². The minimum atomic E-state index is -0.330. The summed E-state index contributed by atoms with van der Waals surface area (Å²) in [6.07, 6.45) is 5.53. The van der Waals surface area contributed by atoms with Gasteiger partial charge in [-0.3, -0.25) is 5.10 Å². The number of hydrogen-bond donors (Lipinski definition) is 2. The molecule has 0 aromatic carbocycles. The second kappa shape index (κ2) is 5.52. The van der Waals surface area contributed by atoms with Crippen LogP contribution in [0.2, 0.25) is 0 Å². The number of nitrogens with one attached hydrogen (secondary N) is 2. The third-order valence-electron chi connectivity index (χ3n) is 3.72. The van der Waals surface area contributed by atoms with Crippen LogP contribution in [0.5, 0.6) is 0 Å². The molecule has 1 heterocycles. The van der Waals surface area contributed by atoms with E-state index in [1.54, 1.807) is 13.1 Å². The summed E-state index contributed by atoms with van der Waals surface area (Å²) in [4.78, 5) is 11.6. The van der Waals surface area contributed by atoms with Gasteiger partial charge in [-0.2, -0.15) is 5.10 Å². The molecule has 2 N–H and O–H groups in total. The molecular formula is C13H21N3O2. The zero-order valence-corrected chi connectivity index (χ0v) is 11.1. The zero-order valence-electron chi connectivity index (χ0n) is 11.1. The molecule has 0 saturated heterocycles. The summed E-state index contributed by atoms with van der Waals surface area (Å²) in [5, 5.41) is 10.0. The van der Waals surface area contributed by atoms with Crippen molar-refractivity contribution >= 4 is 5.97 Å². The normalized spacial score (nSPS) is 16.6. The van der Waals surface area contributed by atoms with Gasteiger partial charge in [0.15, 0.2) is 0 Å². The molecule has 0 atom stereocenters. The maximum atomic E-state index is 11.6. The van der Waals surface area contributed by atoms with Crippen LogP contribution in [0.25, 0.3) is 0 Å². The van der Waals surface area contributed by atoms with Gasteiger partial charge in [0.25, 0.3) is 0 Å². The maximum absolute atomic E-state index is 11.6. The van der Waals surface area contributed by atoms with E-state index in [-0.39, 0.29) is 5.97 Å². The first-order valence-electron chi connectivity index (χ1n) is 6.61. The molecule has 0 radical (unpaired) electrons. The highest BCUT2D eigenvalue weighted by Crippen LogP contribution is 2.47. The minimum Gasteiger partial charge on any atom is -0.461 e. The fraction of sp³-hybridized carbons (Fsp3) is 0.692. The Hall–Kier alpha value is -1.36. The highest BCUT2D eigenvalue weighted by molar-refractivity contribution is 5.88. The average molecular weight is 251 g/mol. The summed E-state index contributed by atoms with van der Waals surface area (Å²) in [5.74, 6) is -0.330. The van der Waals surface area contributed by atoms with Crippen molar-refractivity contribution in [1.29, 1.82) is 0 Å². The van der Waals surface area contributed by atoms with Crippen LogP contribution in [-0.4, -0.2) is 29.3 Å². The van der Waals surface area contributed by atoms with E-state index in [0.29, 0.717) is 24.3 Å². The van der Waals surface area contributed by atoms with E-state index in [9.17, 15) is 4.79 Å². The van der Waals surface area contributed by atoms with Crippen molar-refractivity contribution in [3.8, 4) is 0 Å². The van der Waals surface area contributed by atoms with Crippen LogP contribution in [0.4, 0.5) is 0 Å². The predicted octanol–water partition coefficient (Wildman–Crippen LogP) is 1.87. The Bertz CT molecular complexity index is 410. The predicted molar refractivity (Wildman–Crippen MR) is 68.2 cm³/mol. The van der Waals surface area contributed by atoms with Crippen molar-refractivity contribution in [2.75, 3.05) is 13.2 Å². The average Bonchev–Trinajstić information content (AvgIpc) is 2.99. The second-order valence-electron chi connectivity index (χ2n) is 4.95. The second-order valence-corrected chi connectivity index (χ2v) is 4.95. The van der Waals surface area contributed by atoms with Gasteiger partial charge in [0, 0.05) is 18.7 Å². The standard InChI is InChI=1S/C13H21N3O2/c1-3-13(5-6-13)9-14-7-10-8-15-16-11(10)12(17)18-4-2/h8,14H,3-7,9H2,1-2H3,(H,15,16). The number of hydrogen-bond acceptors (Lipinski definition) is 4. The first-order valence-corrected chi connectivity index (χ1v) is 6.61. The monoisotopic (exact) mass is 251 g/mol. The molecule has 0 aliphatic heterocycles. The topological polar surface area (TPSA) is 67.0 Å². The lowest BCUT2D eigenvalue weighted by Crippen LogP contribution is -2.24. The first-order chi connectivity index (χ1) is 8.71. The van der Waals surface area contributed by atoms with E-state index in [1.807, 2.05) is 0 Å². The minimum absolute atomic E-state index is 0.330. The quantitative estimate of drug-likeness (QED) is 0.726. The Morgan fingerprint density at radius 2 is 2.33 bits per heavy atom. The van der Waals surface area contributed by atoms with Gasteiger partial charge in [-0.05, 0) is 31.6 Å². The van der Waals surface area contributed by atoms with Crippen LogP contribution in [0, 0.1) is 5.41 Å². The summed E-state index contributed by atoms with van der Waals surface area (Å²) in [7, 11) is 0. The number of aromatic amines is 1. The van der Waals surface area contributed by atoms with Crippen molar-refractivity contribution < 1.29 is 9.53 Å². The molecule has 1 aliphatic carbocycles. The zero-order chi connectivity index (χ0) is 13.0. The summed E-state index contributed by atoms with van der Waals surface area (Å²) in [6.45, 7) is 6.08. The first kappa shape index (κ1) is 13.1. The number of ether oxygens (including phenoxy) is 1. The van der Waals surface area contributed by atoms with E-state index in [4.69, 9.17) is 4.74 Å². The van der Waals surface area contributed by atoms with Gasteiger partial charge in [0.1, 0.15) is 5.69 Å². The Balaban J connectivity index is 1.86. The number of carbonyl (C=O) groups is 1. The molecule has 1 saturated carbocycles. The van der Waals surface area contributed by atoms with Gasteiger partial charge in [-0.15, -0.1) is 0 Å².